The predicted molar refractivity (Wildman–Crippen MR) is 125 cm³/mol. The number of hydrogen-bond acceptors (Lipinski definition) is 7. The van der Waals surface area contributed by atoms with Crippen LogP contribution in [0.25, 0.3) is 11.4 Å². The molecule has 4 rings (SSSR count). The van der Waals surface area contributed by atoms with Crippen LogP contribution in [0.5, 0.6) is 5.75 Å². The highest BCUT2D eigenvalue weighted by atomic mass is 16.3. The lowest BCUT2D eigenvalue weighted by molar-refractivity contribution is 0.0739. The Kier molecular flexibility index (Phi) is 6.39. The largest absolute Gasteiger partial charge is 0.507 e. The van der Waals surface area contributed by atoms with Gasteiger partial charge in [0, 0.05) is 43.6 Å². The molecule has 0 aliphatic carbocycles. The quantitative estimate of drug-likeness (QED) is 0.616. The van der Waals surface area contributed by atoms with Crippen LogP contribution in [0.1, 0.15) is 35.7 Å². The number of aromatic nitrogens is 4. The molecular formula is C24H28N6O3. The molecule has 172 valence electrons. The number of amides is 1. The van der Waals surface area contributed by atoms with Gasteiger partial charge in [-0.25, -0.2) is 14.8 Å². The first-order chi connectivity index (χ1) is 15.8. The van der Waals surface area contributed by atoms with Crippen LogP contribution in [0.2, 0.25) is 0 Å². The van der Waals surface area contributed by atoms with Gasteiger partial charge in [0.05, 0.1) is 5.56 Å². The number of piperazine rings is 1. The molecule has 1 saturated heterocycles. The van der Waals surface area contributed by atoms with Crippen LogP contribution in [0.3, 0.4) is 0 Å². The number of para-hydroxylation sites is 1. The average molecular weight is 449 g/mol. The minimum absolute atomic E-state index is 0.131. The van der Waals surface area contributed by atoms with Gasteiger partial charge in [0.15, 0.2) is 5.82 Å². The Bertz CT molecular complexity index is 1210. The molecule has 3 heterocycles. The molecule has 3 aromatic rings. The van der Waals surface area contributed by atoms with E-state index in [1.54, 1.807) is 29.2 Å². The number of aryl methyl sites for hydroxylation is 1. The summed E-state index contributed by atoms with van der Waals surface area (Å²) in [4.78, 5) is 44.5. The highest BCUT2D eigenvalue weighted by Crippen LogP contribution is 2.28. The zero-order chi connectivity index (χ0) is 23.5. The van der Waals surface area contributed by atoms with Gasteiger partial charge in [-0.3, -0.25) is 4.79 Å². The molecule has 0 spiro atoms. The van der Waals surface area contributed by atoms with E-state index >= 15 is 0 Å². The van der Waals surface area contributed by atoms with Crippen molar-refractivity contribution >= 4 is 11.7 Å². The first kappa shape index (κ1) is 22.4. The molecule has 0 radical (unpaired) electrons. The Balaban J connectivity index is 1.48. The van der Waals surface area contributed by atoms with Crippen LogP contribution in [-0.4, -0.2) is 62.0 Å². The Labute approximate surface area is 192 Å². The second-order valence-corrected chi connectivity index (χ2v) is 8.68. The number of phenolic OH excluding ortho intramolecular Hbond substituents is 1. The Hall–Kier alpha value is -3.75. The van der Waals surface area contributed by atoms with Crippen LogP contribution in [-0.2, 0) is 6.42 Å². The number of hydrogen-bond donors (Lipinski definition) is 2. The average Bonchev–Trinajstić information content (AvgIpc) is 2.78. The minimum Gasteiger partial charge on any atom is -0.507 e. The number of aromatic hydroxyl groups is 1. The number of carbonyl (C=O) groups is 1. The summed E-state index contributed by atoms with van der Waals surface area (Å²) in [6, 6.07) is 10.6. The molecular weight excluding hydrogens is 420 g/mol. The second-order valence-electron chi connectivity index (χ2n) is 8.68. The van der Waals surface area contributed by atoms with E-state index in [-0.39, 0.29) is 17.4 Å². The molecule has 2 N–H and O–H groups in total. The van der Waals surface area contributed by atoms with Crippen LogP contribution < -0.4 is 10.6 Å². The summed E-state index contributed by atoms with van der Waals surface area (Å²) >= 11 is 0. The molecule has 1 aromatic carbocycles. The smallest absolute Gasteiger partial charge is 0.345 e. The summed E-state index contributed by atoms with van der Waals surface area (Å²) in [6.45, 7) is 8.15. The standard InChI is InChI=1S/C24H28N6O3/c1-15(2)12-17-14-19(27-24(33)26-17)23(32)30-10-8-29(9-11-30)21-13-16(3)25-22(28-21)18-6-4-5-7-20(18)31/h4-7,13-15,31H,8-12H2,1-3H3,(H,26,27,33). The monoisotopic (exact) mass is 448 g/mol. The van der Waals surface area contributed by atoms with Crippen LogP contribution in [0, 0.1) is 12.8 Å². The van der Waals surface area contributed by atoms with E-state index in [4.69, 9.17) is 0 Å². The molecule has 1 amide bonds. The van der Waals surface area contributed by atoms with Crippen LogP contribution in [0.15, 0.2) is 41.2 Å². The van der Waals surface area contributed by atoms with Crippen LogP contribution >= 0.6 is 0 Å². The van der Waals surface area contributed by atoms with Gasteiger partial charge in [-0.2, -0.15) is 4.98 Å². The number of H-pyrrole nitrogens is 1. The minimum atomic E-state index is -0.497. The summed E-state index contributed by atoms with van der Waals surface area (Å²) in [6.07, 6.45) is 0.679. The van der Waals surface area contributed by atoms with Gasteiger partial charge in [0.25, 0.3) is 5.91 Å². The topological polar surface area (TPSA) is 115 Å². The maximum absolute atomic E-state index is 13.0. The molecule has 0 atom stereocenters. The lowest BCUT2D eigenvalue weighted by atomic mass is 10.1. The molecule has 33 heavy (non-hydrogen) atoms. The van der Waals surface area contributed by atoms with Crippen molar-refractivity contribution in [3.63, 3.8) is 0 Å². The summed E-state index contributed by atoms with van der Waals surface area (Å²) in [5, 5.41) is 10.2. The zero-order valence-electron chi connectivity index (χ0n) is 19.1. The number of carbonyl (C=O) groups excluding carboxylic acids is 1. The number of nitrogens with one attached hydrogen (secondary N) is 1. The van der Waals surface area contributed by atoms with Crippen LogP contribution in [0.4, 0.5) is 5.82 Å². The second kappa shape index (κ2) is 9.40. The fraction of sp³-hybridized carbons (Fsp3) is 0.375. The molecule has 2 aromatic heterocycles. The normalized spacial score (nSPS) is 14.1. The van der Waals surface area contributed by atoms with Crippen molar-refractivity contribution in [1.29, 1.82) is 0 Å². The fourth-order valence-corrected chi connectivity index (χ4v) is 3.97. The van der Waals surface area contributed by atoms with Gasteiger partial charge in [-0.1, -0.05) is 26.0 Å². The molecule has 1 aliphatic rings. The zero-order valence-corrected chi connectivity index (χ0v) is 19.1. The third-order valence-electron chi connectivity index (χ3n) is 5.52. The number of benzene rings is 1. The van der Waals surface area contributed by atoms with Crippen molar-refractivity contribution in [3.8, 4) is 17.1 Å². The van der Waals surface area contributed by atoms with Crippen molar-refractivity contribution in [2.45, 2.75) is 27.2 Å². The van der Waals surface area contributed by atoms with Crippen molar-refractivity contribution in [2.75, 3.05) is 31.1 Å². The van der Waals surface area contributed by atoms with E-state index < -0.39 is 5.69 Å². The summed E-state index contributed by atoms with van der Waals surface area (Å²) in [5.74, 6) is 1.47. The van der Waals surface area contributed by atoms with Gasteiger partial charge in [-0.15, -0.1) is 0 Å². The van der Waals surface area contributed by atoms with E-state index in [0.717, 1.165) is 17.2 Å². The number of rotatable bonds is 5. The van der Waals surface area contributed by atoms with Crippen molar-refractivity contribution < 1.29 is 9.90 Å². The number of aromatic amines is 1. The molecule has 9 nitrogen and oxygen atoms in total. The van der Waals surface area contributed by atoms with E-state index in [9.17, 15) is 14.7 Å². The molecule has 9 heteroatoms. The lowest BCUT2D eigenvalue weighted by Crippen LogP contribution is -2.49. The summed E-state index contributed by atoms with van der Waals surface area (Å²) in [7, 11) is 0. The number of anilines is 1. The van der Waals surface area contributed by atoms with Crippen molar-refractivity contribution in [3.05, 3.63) is 64.0 Å². The molecule has 0 bridgehead atoms. The SMILES string of the molecule is Cc1cc(N2CCN(C(=O)c3cc(CC(C)C)[nH]c(=O)n3)CC2)nc(-c2ccccc2O)n1. The third-order valence-corrected chi connectivity index (χ3v) is 5.52. The van der Waals surface area contributed by atoms with E-state index in [0.29, 0.717) is 49.9 Å². The summed E-state index contributed by atoms with van der Waals surface area (Å²) < 4.78 is 0. The van der Waals surface area contributed by atoms with Gasteiger partial charge >= 0.3 is 5.69 Å². The first-order valence-corrected chi connectivity index (χ1v) is 11.1. The highest BCUT2D eigenvalue weighted by molar-refractivity contribution is 5.92. The molecule has 0 unspecified atom stereocenters. The number of phenols is 1. The third kappa shape index (κ3) is 5.19. The highest BCUT2D eigenvalue weighted by Gasteiger charge is 2.25. The Morgan fingerprint density at radius 3 is 2.52 bits per heavy atom. The maximum atomic E-state index is 13.0. The van der Waals surface area contributed by atoms with Crippen molar-refractivity contribution in [2.24, 2.45) is 5.92 Å². The van der Waals surface area contributed by atoms with Gasteiger partial charge in [0.1, 0.15) is 17.3 Å². The predicted octanol–water partition coefficient (Wildman–Crippen LogP) is 2.40. The van der Waals surface area contributed by atoms with Crippen molar-refractivity contribution in [1.82, 2.24) is 24.8 Å². The van der Waals surface area contributed by atoms with Gasteiger partial charge in [-0.05, 0) is 37.5 Å². The number of nitrogens with zero attached hydrogens (tertiary/aromatic N) is 5. The Morgan fingerprint density at radius 1 is 1.09 bits per heavy atom. The molecule has 1 aliphatic heterocycles. The lowest BCUT2D eigenvalue weighted by Gasteiger charge is -2.35. The summed E-state index contributed by atoms with van der Waals surface area (Å²) in [5.41, 5.74) is 1.78. The fourth-order valence-electron chi connectivity index (χ4n) is 3.97. The van der Waals surface area contributed by atoms with E-state index in [1.165, 1.54) is 0 Å². The van der Waals surface area contributed by atoms with Gasteiger partial charge in [0.2, 0.25) is 0 Å². The maximum Gasteiger partial charge on any atom is 0.345 e. The van der Waals surface area contributed by atoms with E-state index in [2.05, 4.69) is 38.7 Å². The van der Waals surface area contributed by atoms with E-state index in [1.807, 2.05) is 19.1 Å². The Morgan fingerprint density at radius 2 is 1.82 bits per heavy atom. The molecule has 0 saturated carbocycles. The molecule has 1 fully saturated rings. The van der Waals surface area contributed by atoms with Gasteiger partial charge < -0.3 is 19.9 Å². The first-order valence-electron chi connectivity index (χ1n) is 11.1.